The minimum Gasteiger partial charge on any atom is -0.469 e. The van der Waals surface area contributed by atoms with Crippen LogP contribution in [0.3, 0.4) is 0 Å². The predicted molar refractivity (Wildman–Crippen MR) is 132 cm³/mol. The lowest BCUT2D eigenvalue weighted by molar-refractivity contribution is -0.144. The molecule has 0 aromatic heterocycles. The maximum atomic E-state index is 12.1. The lowest BCUT2D eigenvalue weighted by Crippen LogP contribution is -2.32. The zero-order valence-electron chi connectivity index (χ0n) is 21.6. The molecule has 1 N–H and O–H groups in total. The van der Waals surface area contributed by atoms with Crippen molar-refractivity contribution in [3.8, 4) is 0 Å². The van der Waals surface area contributed by atoms with Crippen LogP contribution in [0.2, 0.25) is 0 Å². The second kappa shape index (κ2) is 19.4. The number of hydrogen-bond acceptors (Lipinski definition) is 8. The molecule has 34 heavy (non-hydrogen) atoms. The number of esters is 2. The second-order valence-electron chi connectivity index (χ2n) is 8.90. The molecule has 1 amide bonds. The molecular formula is C25H47N3O6. The van der Waals surface area contributed by atoms with Crippen molar-refractivity contribution in [1.29, 1.82) is 0 Å². The maximum absolute atomic E-state index is 12.1. The molecule has 0 radical (unpaired) electrons. The Labute approximate surface area is 205 Å². The van der Waals surface area contributed by atoms with Gasteiger partial charge in [0.15, 0.2) is 0 Å². The number of amides is 1. The fourth-order valence-corrected chi connectivity index (χ4v) is 4.00. The third-order valence-electron chi connectivity index (χ3n) is 6.08. The van der Waals surface area contributed by atoms with E-state index in [2.05, 4.69) is 22.0 Å². The van der Waals surface area contributed by atoms with Crippen LogP contribution in [-0.2, 0) is 23.8 Å². The Morgan fingerprint density at radius 1 is 0.971 bits per heavy atom. The van der Waals surface area contributed by atoms with Gasteiger partial charge in [0.25, 0.3) is 0 Å². The van der Waals surface area contributed by atoms with Crippen LogP contribution in [0.1, 0.15) is 78.1 Å². The van der Waals surface area contributed by atoms with Gasteiger partial charge in [-0.2, -0.15) is 0 Å². The summed E-state index contributed by atoms with van der Waals surface area (Å²) in [6.45, 7) is 10.3. The van der Waals surface area contributed by atoms with Crippen molar-refractivity contribution in [3.05, 3.63) is 0 Å². The van der Waals surface area contributed by atoms with Gasteiger partial charge in [0.05, 0.1) is 26.6 Å². The Morgan fingerprint density at radius 3 is 2.32 bits per heavy atom. The number of rotatable bonds is 19. The molecule has 1 heterocycles. The number of nitrogens with zero attached hydrogens (tertiary/aromatic N) is 2. The van der Waals surface area contributed by atoms with Crippen molar-refractivity contribution < 1.29 is 28.6 Å². The normalized spacial score (nSPS) is 14.7. The number of ether oxygens (including phenoxy) is 3. The molecule has 0 spiro atoms. The summed E-state index contributed by atoms with van der Waals surface area (Å²) >= 11 is 0. The highest BCUT2D eigenvalue weighted by Crippen LogP contribution is 2.09. The van der Waals surface area contributed by atoms with Crippen LogP contribution in [0.5, 0.6) is 0 Å². The predicted octanol–water partition coefficient (Wildman–Crippen LogP) is 3.36. The molecule has 198 valence electrons. The first-order valence-corrected chi connectivity index (χ1v) is 13.1. The van der Waals surface area contributed by atoms with E-state index in [0.717, 1.165) is 38.8 Å². The smallest absolute Gasteiger partial charge is 0.407 e. The highest BCUT2D eigenvalue weighted by Gasteiger charge is 2.15. The Hall–Kier alpha value is -1.87. The summed E-state index contributed by atoms with van der Waals surface area (Å²) < 4.78 is 15.5. The largest absolute Gasteiger partial charge is 0.469 e. The van der Waals surface area contributed by atoms with E-state index in [4.69, 9.17) is 14.2 Å². The van der Waals surface area contributed by atoms with E-state index in [0.29, 0.717) is 51.9 Å². The summed E-state index contributed by atoms with van der Waals surface area (Å²) in [5, 5.41) is 2.75. The Balaban J connectivity index is 2.16. The summed E-state index contributed by atoms with van der Waals surface area (Å²) in [6, 6.07) is 0. The van der Waals surface area contributed by atoms with E-state index in [1.54, 1.807) is 0 Å². The summed E-state index contributed by atoms with van der Waals surface area (Å²) in [6.07, 6.45) is 7.85. The quantitative estimate of drug-likeness (QED) is 0.169. The molecule has 9 heteroatoms. The van der Waals surface area contributed by atoms with Gasteiger partial charge in [0.2, 0.25) is 0 Å². The molecule has 0 aliphatic carbocycles. The zero-order chi connectivity index (χ0) is 25.0. The van der Waals surface area contributed by atoms with Crippen LogP contribution in [0.25, 0.3) is 0 Å². The number of carbonyl (C=O) groups excluding carboxylic acids is 3. The highest BCUT2D eigenvalue weighted by molar-refractivity contribution is 5.70. The monoisotopic (exact) mass is 485 g/mol. The fraction of sp³-hybridized carbons (Fsp3) is 0.880. The van der Waals surface area contributed by atoms with E-state index >= 15 is 0 Å². The number of alkyl carbamates (subject to hydrolysis) is 1. The first kappa shape index (κ1) is 30.2. The van der Waals surface area contributed by atoms with Crippen molar-refractivity contribution in [2.75, 3.05) is 59.5 Å². The van der Waals surface area contributed by atoms with Crippen LogP contribution >= 0.6 is 0 Å². The zero-order valence-corrected chi connectivity index (χ0v) is 21.6. The van der Waals surface area contributed by atoms with Crippen molar-refractivity contribution in [2.45, 2.75) is 84.2 Å². The molecule has 1 atom stereocenters. The van der Waals surface area contributed by atoms with E-state index < -0.39 is 0 Å². The molecule has 0 aromatic carbocycles. The van der Waals surface area contributed by atoms with Gasteiger partial charge < -0.3 is 29.3 Å². The van der Waals surface area contributed by atoms with Gasteiger partial charge in [-0.3, -0.25) is 9.59 Å². The number of methoxy groups -OCH3 is 1. The van der Waals surface area contributed by atoms with E-state index in [1.165, 1.54) is 33.0 Å². The molecule has 1 rings (SSSR count). The van der Waals surface area contributed by atoms with Crippen LogP contribution in [0, 0.1) is 0 Å². The molecule has 0 bridgehead atoms. The number of likely N-dealkylation sites (tertiary alicyclic amines) is 1. The standard InChI is InChI=1S/C25H47N3O6/c1-4-11-22(5-2)34-25(31)26-14-6-9-21-33-24(30)13-20-28(19-12-23(29)32-3)18-10-17-27-15-7-8-16-27/h22H,4-21H2,1-3H3,(H,26,31). The average molecular weight is 486 g/mol. The van der Waals surface area contributed by atoms with E-state index in [9.17, 15) is 14.4 Å². The Morgan fingerprint density at radius 2 is 1.68 bits per heavy atom. The van der Waals surface area contributed by atoms with Gasteiger partial charge in [-0.05, 0) is 71.1 Å². The Bertz CT molecular complexity index is 569. The van der Waals surface area contributed by atoms with Crippen LogP contribution < -0.4 is 5.32 Å². The van der Waals surface area contributed by atoms with Gasteiger partial charge >= 0.3 is 18.0 Å². The minimum atomic E-state index is -0.380. The molecule has 1 aliphatic rings. The topological polar surface area (TPSA) is 97.4 Å². The molecule has 1 aliphatic heterocycles. The van der Waals surface area contributed by atoms with Crippen molar-refractivity contribution in [1.82, 2.24) is 15.1 Å². The van der Waals surface area contributed by atoms with Gasteiger partial charge in [-0.25, -0.2) is 4.79 Å². The van der Waals surface area contributed by atoms with Gasteiger partial charge in [0, 0.05) is 19.6 Å². The second-order valence-corrected chi connectivity index (χ2v) is 8.90. The van der Waals surface area contributed by atoms with Crippen LogP contribution in [0.4, 0.5) is 4.79 Å². The summed E-state index contributed by atoms with van der Waals surface area (Å²) in [4.78, 5) is 40.1. The third-order valence-corrected chi connectivity index (χ3v) is 6.08. The summed E-state index contributed by atoms with van der Waals surface area (Å²) in [7, 11) is 1.39. The minimum absolute atomic E-state index is 0.0293. The lowest BCUT2D eigenvalue weighted by atomic mass is 10.2. The number of nitrogens with one attached hydrogen (secondary N) is 1. The van der Waals surface area contributed by atoms with Gasteiger partial charge in [0.1, 0.15) is 6.10 Å². The van der Waals surface area contributed by atoms with E-state index in [1.807, 2.05) is 6.92 Å². The molecule has 1 saturated heterocycles. The van der Waals surface area contributed by atoms with Gasteiger partial charge in [-0.1, -0.05) is 20.3 Å². The number of carbonyl (C=O) groups is 3. The molecule has 1 unspecified atom stereocenters. The van der Waals surface area contributed by atoms with Crippen LogP contribution in [0.15, 0.2) is 0 Å². The van der Waals surface area contributed by atoms with Crippen molar-refractivity contribution in [3.63, 3.8) is 0 Å². The molecule has 0 saturated carbocycles. The summed E-state index contributed by atoms with van der Waals surface area (Å²) in [5.41, 5.74) is 0. The first-order valence-electron chi connectivity index (χ1n) is 13.1. The summed E-state index contributed by atoms with van der Waals surface area (Å²) in [5.74, 6) is -0.472. The molecule has 1 fully saturated rings. The fourth-order valence-electron chi connectivity index (χ4n) is 4.00. The molecular weight excluding hydrogens is 438 g/mol. The highest BCUT2D eigenvalue weighted by atomic mass is 16.6. The maximum Gasteiger partial charge on any atom is 0.407 e. The molecule has 9 nitrogen and oxygen atoms in total. The Kier molecular flexibility index (Phi) is 17.2. The average Bonchev–Trinajstić information content (AvgIpc) is 3.35. The number of hydrogen-bond donors (Lipinski definition) is 1. The van der Waals surface area contributed by atoms with Crippen molar-refractivity contribution in [2.24, 2.45) is 0 Å². The first-order chi connectivity index (χ1) is 16.5. The number of unbranched alkanes of at least 4 members (excludes halogenated alkanes) is 1. The third kappa shape index (κ3) is 15.1. The lowest BCUT2D eigenvalue weighted by Gasteiger charge is -2.23. The van der Waals surface area contributed by atoms with E-state index in [-0.39, 0.29) is 24.1 Å². The van der Waals surface area contributed by atoms with Crippen LogP contribution in [-0.4, -0.2) is 93.5 Å². The molecule has 0 aromatic rings. The van der Waals surface area contributed by atoms with Gasteiger partial charge in [-0.15, -0.1) is 0 Å². The van der Waals surface area contributed by atoms with Crippen molar-refractivity contribution >= 4 is 18.0 Å². The SMILES string of the molecule is CCCC(CC)OC(=O)NCCCCOC(=O)CCN(CCCN1CCCC1)CCC(=O)OC.